The van der Waals surface area contributed by atoms with E-state index < -0.39 is 0 Å². The summed E-state index contributed by atoms with van der Waals surface area (Å²) >= 11 is 0. The molecule has 4 nitrogen and oxygen atoms in total. The fourth-order valence-electron chi connectivity index (χ4n) is 1.24. The van der Waals surface area contributed by atoms with Crippen LogP contribution in [0.2, 0.25) is 0 Å². The molecule has 0 fully saturated rings. The molecule has 0 radical (unpaired) electrons. The number of nitrogens with two attached hydrogens (primary N) is 1. The molecule has 2 aromatic heterocycles. The first kappa shape index (κ1) is 11.4. The summed E-state index contributed by atoms with van der Waals surface area (Å²) in [5, 5.41) is 8.21. The number of hydrogen-bond donors (Lipinski definition) is 2. The van der Waals surface area contributed by atoms with Crippen LogP contribution >= 0.6 is 12.4 Å². The summed E-state index contributed by atoms with van der Waals surface area (Å²) in [5.41, 5.74) is 7.35. The van der Waals surface area contributed by atoms with Crippen LogP contribution in [0.15, 0.2) is 24.3 Å². The third-order valence-corrected chi connectivity index (χ3v) is 1.97. The minimum atomic E-state index is -0.0322. The fourth-order valence-corrected chi connectivity index (χ4v) is 1.24. The predicted molar refractivity (Wildman–Crippen MR) is 62.5 cm³/mol. The molecular weight excluding hydrogens is 212 g/mol. The van der Waals surface area contributed by atoms with E-state index in [1.165, 1.54) is 0 Å². The van der Waals surface area contributed by atoms with Crippen LogP contribution in [0.1, 0.15) is 11.4 Å². The molecule has 0 aromatic carbocycles. The first-order valence-corrected chi connectivity index (χ1v) is 4.25. The Labute approximate surface area is 93.5 Å². The number of amidine groups is 1. The second kappa shape index (κ2) is 4.23. The van der Waals surface area contributed by atoms with Crippen molar-refractivity contribution < 1.29 is 0 Å². The Morgan fingerprint density at radius 2 is 1.87 bits per heavy atom. The summed E-state index contributed by atoms with van der Waals surface area (Å²) in [6.07, 6.45) is 0. The van der Waals surface area contributed by atoms with E-state index in [1.807, 2.05) is 25.1 Å². The monoisotopic (exact) mass is 222 g/mol. The number of fused-ring (bicyclic) bond motifs is 1. The van der Waals surface area contributed by atoms with Crippen LogP contribution in [-0.2, 0) is 0 Å². The van der Waals surface area contributed by atoms with Crippen LogP contribution in [0.25, 0.3) is 11.0 Å². The molecule has 0 aliphatic heterocycles. The van der Waals surface area contributed by atoms with E-state index in [-0.39, 0.29) is 18.2 Å². The van der Waals surface area contributed by atoms with E-state index >= 15 is 0 Å². The molecule has 0 amide bonds. The first-order chi connectivity index (χ1) is 6.66. The molecular formula is C10H11ClN4. The number of nitrogens with zero attached hydrogens (tertiary/aromatic N) is 2. The number of nitrogen functional groups attached to an aromatic ring is 1. The average Bonchev–Trinajstić information content (AvgIpc) is 2.16. The Morgan fingerprint density at radius 3 is 2.53 bits per heavy atom. The molecule has 5 heteroatoms. The Balaban J connectivity index is 0.00000112. The minimum Gasteiger partial charge on any atom is -0.382 e. The van der Waals surface area contributed by atoms with Crippen molar-refractivity contribution in [3.8, 4) is 0 Å². The molecule has 2 heterocycles. The first-order valence-electron chi connectivity index (χ1n) is 4.25. The topological polar surface area (TPSA) is 75.7 Å². The van der Waals surface area contributed by atoms with Gasteiger partial charge in [-0.2, -0.15) is 0 Å². The van der Waals surface area contributed by atoms with E-state index in [0.717, 1.165) is 11.1 Å². The molecule has 3 N–H and O–H groups in total. The third-order valence-electron chi connectivity index (χ3n) is 1.97. The summed E-state index contributed by atoms with van der Waals surface area (Å²) in [7, 11) is 0. The molecule has 0 saturated heterocycles. The summed E-state index contributed by atoms with van der Waals surface area (Å²) in [4.78, 5) is 8.43. The second-order valence-electron chi connectivity index (χ2n) is 3.11. The van der Waals surface area contributed by atoms with Crippen LogP contribution in [0.5, 0.6) is 0 Å². The molecule has 0 atom stereocenters. The van der Waals surface area contributed by atoms with Crippen LogP contribution in [-0.4, -0.2) is 15.8 Å². The highest BCUT2D eigenvalue weighted by atomic mass is 35.5. The lowest BCUT2D eigenvalue weighted by molar-refractivity contribution is 1.19. The molecule has 2 aromatic rings. The van der Waals surface area contributed by atoms with Crippen molar-refractivity contribution in [2.24, 2.45) is 5.73 Å². The van der Waals surface area contributed by atoms with Crippen LogP contribution in [0.3, 0.4) is 0 Å². The number of pyridine rings is 2. The van der Waals surface area contributed by atoms with Crippen molar-refractivity contribution in [1.29, 1.82) is 5.41 Å². The highest BCUT2D eigenvalue weighted by molar-refractivity contribution is 5.94. The summed E-state index contributed by atoms with van der Waals surface area (Å²) in [6.45, 7) is 1.90. The van der Waals surface area contributed by atoms with Gasteiger partial charge in [-0.15, -0.1) is 12.4 Å². The van der Waals surface area contributed by atoms with Crippen molar-refractivity contribution in [1.82, 2.24) is 9.97 Å². The quantitative estimate of drug-likeness (QED) is 0.569. The van der Waals surface area contributed by atoms with Gasteiger partial charge in [-0.25, -0.2) is 9.97 Å². The number of halogens is 1. The highest BCUT2D eigenvalue weighted by Gasteiger charge is 2.01. The van der Waals surface area contributed by atoms with Crippen molar-refractivity contribution in [3.63, 3.8) is 0 Å². The van der Waals surface area contributed by atoms with Gasteiger partial charge in [-0.3, -0.25) is 5.41 Å². The van der Waals surface area contributed by atoms with Crippen molar-refractivity contribution in [2.75, 3.05) is 0 Å². The van der Waals surface area contributed by atoms with Gasteiger partial charge in [-0.1, -0.05) is 0 Å². The highest BCUT2D eigenvalue weighted by Crippen LogP contribution is 2.10. The maximum absolute atomic E-state index is 7.25. The molecule has 0 aliphatic carbocycles. The summed E-state index contributed by atoms with van der Waals surface area (Å²) < 4.78 is 0. The zero-order chi connectivity index (χ0) is 10.1. The summed E-state index contributed by atoms with van der Waals surface area (Å²) in [5.74, 6) is -0.0322. The zero-order valence-electron chi connectivity index (χ0n) is 8.19. The molecule has 0 bridgehead atoms. The maximum atomic E-state index is 7.25. The van der Waals surface area contributed by atoms with Gasteiger partial charge >= 0.3 is 0 Å². The fraction of sp³-hybridized carbons (Fsp3) is 0.100. The lowest BCUT2D eigenvalue weighted by atomic mass is 10.2. The SMILES string of the molecule is Cc1ccc2ccc(C(=N)N)nc2n1.Cl. The van der Waals surface area contributed by atoms with Gasteiger partial charge in [0.1, 0.15) is 11.5 Å². The second-order valence-corrected chi connectivity index (χ2v) is 3.11. The van der Waals surface area contributed by atoms with Crippen LogP contribution in [0.4, 0.5) is 0 Å². The Morgan fingerprint density at radius 1 is 1.20 bits per heavy atom. The Bertz CT molecular complexity index is 510. The molecule has 15 heavy (non-hydrogen) atoms. The standard InChI is InChI=1S/C10H10N4.ClH/c1-6-2-3-7-4-5-8(9(11)12)14-10(7)13-6;/h2-5H,1H3,(H3,11,12);1H. The zero-order valence-corrected chi connectivity index (χ0v) is 9.01. The average molecular weight is 223 g/mol. The Hall–Kier alpha value is -1.68. The molecule has 0 spiro atoms. The number of aryl methyl sites for hydroxylation is 1. The van der Waals surface area contributed by atoms with E-state index in [4.69, 9.17) is 11.1 Å². The van der Waals surface area contributed by atoms with Crippen molar-refractivity contribution in [3.05, 3.63) is 35.7 Å². The van der Waals surface area contributed by atoms with Gasteiger partial charge < -0.3 is 5.73 Å². The molecule has 0 aliphatic rings. The summed E-state index contributed by atoms with van der Waals surface area (Å²) in [6, 6.07) is 7.47. The van der Waals surface area contributed by atoms with Gasteiger partial charge in [0, 0.05) is 11.1 Å². The number of aromatic nitrogens is 2. The smallest absolute Gasteiger partial charge is 0.160 e. The van der Waals surface area contributed by atoms with E-state index in [9.17, 15) is 0 Å². The molecule has 2 rings (SSSR count). The molecule has 0 saturated carbocycles. The van der Waals surface area contributed by atoms with Gasteiger partial charge in [-0.05, 0) is 31.2 Å². The Kier molecular flexibility index (Phi) is 3.21. The van der Waals surface area contributed by atoms with Crippen LogP contribution < -0.4 is 5.73 Å². The lowest BCUT2D eigenvalue weighted by Gasteiger charge is -2.00. The van der Waals surface area contributed by atoms with Gasteiger partial charge in [0.05, 0.1) is 0 Å². The van der Waals surface area contributed by atoms with E-state index in [1.54, 1.807) is 6.07 Å². The van der Waals surface area contributed by atoms with Crippen molar-refractivity contribution in [2.45, 2.75) is 6.92 Å². The van der Waals surface area contributed by atoms with Crippen LogP contribution in [0, 0.1) is 12.3 Å². The predicted octanol–water partition coefficient (Wildman–Crippen LogP) is 1.64. The molecule has 0 unspecified atom stereocenters. The third kappa shape index (κ3) is 2.22. The largest absolute Gasteiger partial charge is 0.382 e. The number of rotatable bonds is 1. The van der Waals surface area contributed by atoms with Crippen molar-refractivity contribution >= 4 is 29.3 Å². The van der Waals surface area contributed by atoms with E-state index in [2.05, 4.69) is 9.97 Å². The minimum absolute atomic E-state index is 0. The molecule has 78 valence electrons. The van der Waals surface area contributed by atoms with E-state index in [0.29, 0.717) is 11.3 Å². The number of hydrogen-bond acceptors (Lipinski definition) is 3. The van der Waals surface area contributed by atoms with Gasteiger partial charge in [0.15, 0.2) is 5.65 Å². The van der Waals surface area contributed by atoms with Gasteiger partial charge in [0.25, 0.3) is 0 Å². The normalized spacial score (nSPS) is 9.67. The maximum Gasteiger partial charge on any atom is 0.160 e. The van der Waals surface area contributed by atoms with Gasteiger partial charge in [0.2, 0.25) is 0 Å². The lowest BCUT2D eigenvalue weighted by Crippen LogP contribution is -2.13. The number of nitrogens with one attached hydrogen (secondary N) is 1.